The summed E-state index contributed by atoms with van der Waals surface area (Å²) < 4.78 is 0. The van der Waals surface area contributed by atoms with Crippen molar-refractivity contribution >= 4 is 69.8 Å². The molecule has 0 spiro atoms. The Hall–Kier alpha value is -5.46. The minimum absolute atomic E-state index is 0.0301. The number of azo groups is 1. The van der Waals surface area contributed by atoms with Crippen LogP contribution in [0.4, 0.5) is 22.7 Å². The molecule has 0 saturated heterocycles. The zero-order valence-corrected chi connectivity index (χ0v) is 24.8. The number of amides is 1. The van der Waals surface area contributed by atoms with Crippen LogP contribution >= 0.6 is 23.2 Å². The van der Waals surface area contributed by atoms with Gasteiger partial charge < -0.3 is 31.1 Å². The number of hydrogen-bond donors (Lipinski definition) is 6. The molecule has 14 heteroatoms. The molecule has 0 heterocycles. The third-order valence-corrected chi connectivity index (χ3v) is 6.46. The Bertz CT molecular complexity index is 1710. The molecule has 0 aromatic heterocycles. The number of carboxylic acid groups (broad SMARTS) is 3. The average Bonchev–Trinajstić information content (AvgIpc) is 2.99. The maximum Gasteiger partial charge on any atom is 0.339 e. The second-order valence-corrected chi connectivity index (χ2v) is 9.92. The molecule has 0 aliphatic rings. The lowest BCUT2D eigenvalue weighted by Gasteiger charge is -2.13. The van der Waals surface area contributed by atoms with E-state index in [1.807, 2.05) is 6.07 Å². The number of phenols is 1. The summed E-state index contributed by atoms with van der Waals surface area (Å²) in [5.74, 6) is -3.94. The number of para-hydroxylation sites is 2. The van der Waals surface area contributed by atoms with Gasteiger partial charge in [0.15, 0.2) is 0 Å². The molecule has 4 aromatic rings. The van der Waals surface area contributed by atoms with Crippen molar-refractivity contribution in [1.29, 1.82) is 0 Å². The number of rotatable bonds is 11. The normalized spacial score (nSPS) is 10.4. The van der Waals surface area contributed by atoms with Crippen LogP contribution in [0.15, 0.2) is 95.2 Å². The second-order valence-electron chi connectivity index (χ2n) is 9.10. The van der Waals surface area contributed by atoms with E-state index in [1.165, 1.54) is 42.5 Å². The summed E-state index contributed by atoms with van der Waals surface area (Å²) in [5, 5.41) is 50.2. The summed E-state index contributed by atoms with van der Waals surface area (Å²) in [6.45, 7) is 0.0301. The van der Waals surface area contributed by atoms with Crippen LogP contribution in [0, 0.1) is 0 Å². The number of carbonyl (C=O) groups is 4. The van der Waals surface area contributed by atoms with Crippen LogP contribution in [0.1, 0.15) is 32.7 Å². The summed E-state index contributed by atoms with van der Waals surface area (Å²) in [5.41, 5.74) is 2.66. The third kappa shape index (κ3) is 10.6. The van der Waals surface area contributed by atoms with Gasteiger partial charge in [-0.25, -0.2) is 4.79 Å². The molecule has 0 fully saturated rings. The van der Waals surface area contributed by atoms with E-state index in [0.29, 0.717) is 38.2 Å². The Balaban J connectivity index is 0.000000257. The van der Waals surface area contributed by atoms with Gasteiger partial charge in [-0.3, -0.25) is 14.4 Å². The lowest BCUT2D eigenvalue weighted by atomic mass is 10.1. The highest BCUT2D eigenvalue weighted by atomic mass is 35.5. The fourth-order valence-corrected chi connectivity index (χ4v) is 4.14. The van der Waals surface area contributed by atoms with Crippen LogP contribution < -0.4 is 10.6 Å². The molecule has 4 rings (SSSR count). The molecule has 0 atom stereocenters. The third-order valence-electron chi connectivity index (χ3n) is 5.83. The number of carboxylic acids is 3. The van der Waals surface area contributed by atoms with Crippen LogP contribution in [-0.4, -0.2) is 50.8 Å². The monoisotopic (exact) mass is 652 g/mol. The van der Waals surface area contributed by atoms with E-state index >= 15 is 0 Å². The lowest BCUT2D eigenvalue weighted by Crippen LogP contribution is -2.25. The van der Waals surface area contributed by atoms with Crippen molar-refractivity contribution in [1.82, 2.24) is 5.32 Å². The molecule has 0 saturated carbocycles. The topological polar surface area (TPSA) is 198 Å². The van der Waals surface area contributed by atoms with Gasteiger partial charge in [-0.05, 0) is 66.2 Å². The first-order chi connectivity index (χ1) is 21.4. The Labute approximate surface area is 266 Å². The largest absolute Gasteiger partial charge is 0.507 e. The molecule has 6 N–H and O–H groups in total. The Morgan fingerprint density at radius 2 is 1.36 bits per heavy atom. The first-order valence-corrected chi connectivity index (χ1v) is 13.8. The van der Waals surface area contributed by atoms with Gasteiger partial charge in [-0.15, -0.1) is 0 Å². The van der Waals surface area contributed by atoms with Crippen molar-refractivity contribution in [3.05, 3.63) is 112 Å². The highest BCUT2D eigenvalue weighted by Gasteiger charge is 2.11. The average molecular weight is 653 g/mol. The molecule has 1 amide bonds. The van der Waals surface area contributed by atoms with Crippen molar-refractivity contribution in [2.45, 2.75) is 12.8 Å². The Morgan fingerprint density at radius 3 is 1.98 bits per heavy atom. The summed E-state index contributed by atoms with van der Waals surface area (Å²) in [6.07, 6.45) is -0.228. The van der Waals surface area contributed by atoms with E-state index < -0.39 is 23.8 Å². The smallest absolute Gasteiger partial charge is 0.339 e. The molecule has 0 aliphatic heterocycles. The zero-order chi connectivity index (χ0) is 32.9. The molecular weight excluding hydrogens is 627 g/mol. The first kappa shape index (κ1) is 34.0. The predicted octanol–water partition coefficient (Wildman–Crippen LogP) is 7.07. The highest BCUT2D eigenvalue weighted by molar-refractivity contribution is 6.39. The van der Waals surface area contributed by atoms with E-state index in [1.54, 1.807) is 36.4 Å². The number of benzene rings is 4. The molecule has 4 aromatic carbocycles. The lowest BCUT2D eigenvalue weighted by molar-refractivity contribution is -0.137. The van der Waals surface area contributed by atoms with Crippen LogP contribution in [-0.2, 0) is 16.0 Å². The van der Waals surface area contributed by atoms with Gasteiger partial charge in [0.2, 0.25) is 0 Å². The number of nitrogens with zero attached hydrogens (tertiary/aromatic N) is 2. The minimum atomic E-state index is -1.28. The van der Waals surface area contributed by atoms with Crippen molar-refractivity contribution in [3.63, 3.8) is 0 Å². The summed E-state index contributed by atoms with van der Waals surface area (Å²) in [6, 6.07) is 22.2. The molecule has 232 valence electrons. The van der Waals surface area contributed by atoms with Gasteiger partial charge in [0.25, 0.3) is 5.91 Å². The van der Waals surface area contributed by atoms with E-state index in [4.69, 9.17) is 38.5 Å². The number of hydrogen-bond acceptors (Lipinski definition) is 8. The quantitative estimate of drug-likeness (QED) is 0.0916. The molecule has 45 heavy (non-hydrogen) atoms. The van der Waals surface area contributed by atoms with Gasteiger partial charge in [0.05, 0.1) is 39.9 Å². The maximum atomic E-state index is 11.8. The molecule has 0 bridgehead atoms. The zero-order valence-electron chi connectivity index (χ0n) is 23.3. The molecule has 12 nitrogen and oxygen atoms in total. The summed E-state index contributed by atoms with van der Waals surface area (Å²) in [7, 11) is 0. The van der Waals surface area contributed by atoms with E-state index in [9.17, 15) is 24.3 Å². The number of nitrogens with one attached hydrogen (secondary N) is 2. The highest BCUT2D eigenvalue weighted by Crippen LogP contribution is 2.33. The van der Waals surface area contributed by atoms with Crippen LogP contribution in [0.5, 0.6) is 5.75 Å². The Morgan fingerprint density at radius 1 is 0.733 bits per heavy atom. The SMILES string of the molecule is O=C(O)CCNC(=O)c1ccc(/N=N/c2ccc(O)c(C(=O)O)c2)cc1.O=C(O)Cc1ccccc1Nc1c(Cl)cccc1Cl. The fourth-order valence-electron chi connectivity index (χ4n) is 3.65. The number of halogens is 2. The predicted molar refractivity (Wildman–Crippen MR) is 168 cm³/mol. The van der Waals surface area contributed by atoms with Crippen molar-refractivity contribution in [3.8, 4) is 5.75 Å². The second kappa shape index (κ2) is 16.4. The van der Waals surface area contributed by atoms with Crippen LogP contribution in [0.25, 0.3) is 0 Å². The number of aromatic hydroxyl groups is 1. The minimum Gasteiger partial charge on any atom is -0.507 e. The standard InChI is InChI=1S/C17H15N3O6.C14H11Cl2NO2/c21-14-6-5-12(9-13(14)17(25)26)20-19-11-3-1-10(2-4-11)16(24)18-8-7-15(22)23;15-10-5-3-6-11(16)14(10)17-12-7-2-1-4-9(12)8-13(18)19/h1-6,9,21H,7-8H2,(H,18,24)(H,22,23)(H,25,26);1-7,17H,8H2,(H,18,19)/b20-19+;. The number of carbonyl (C=O) groups excluding carboxylic acids is 1. The fraction of sp³-hybridized carbons (Fsp3) is 0.0968. The van der Waals surface area contributed by atoms with E-state index in [-0.39, 0.29) is 36.4 Å². The van der Waals surface area contributed by atoms with E-state index in [2.05, 4.69) is 20.9 Å². The van der Waals surface area contributed by atoms with Gasteiger partial charge >= 0.3 is 17.9 Å². The van der Waals surface area contributed by atoms with Gasteiger partial charge in [0, 0.05) is 17.8 Å². The number of aromatic carboxylic acids is 1. The van der Waals surface area contributed by atoms with Crippen LogP contribution in [0.3, 0.4) is 0 Å². The van der Waals surface area contributed by atoms with Crippen molar-refractivity contribution in [2.24, 2.45) is 10.2 Å². The molecule has 0 unspecified atom stereocenters. The van der Waals surface area contributed by atoms with Crippen LogP contribution in [0.2, 0.25) is 10.0 Å². The van der Waals surface area contributed by atoms with Crippen molar-refractivity contribution < 1.29 is 39.6 Å². The maximum absolute atomic E-state index is 11.8. The van der Waals surface area contributed by atoms with Crippen molar-refractivity contribution in [2.75, 3.05) is 11.9 Å². The number of anilines is 2. The number of aliphatic carboxylic acids is 2. The van der Waals surface area contributed by atoms with Gasteiger partial charge in [0.1, 0.15) is 11.3 Å². The van der Waals surface area contributed by atoms with Gasteiger partial charge in [-0.2, -0.15) is 10.2 Å². The first-order valence-electron chi connectivity index (χ1n) is 13.0. The Kier molecular flexibility index (Phi) is 12.4. The molecule has 0 radical (unpaired) electrons. The summed E-state index contributed by atoms with van der Waals surface area (Å²) in [4.78, 5) is 44.0. The molecular formula is C31H26Cl2N4O8. The summed E-state index contributed by atoms with van der Waals surface area (Å²) >= 11 is 12.1. The van der Waals surface area contributed by atoms with Gasteiger partial charge in [-0.1, -0.05) is 47.5 Å². The van der Waals surface area contributed by atoms with E-state index in [0.717, 1.165) is 0 Å². The molecule has 0 aliphatic carbocycles.